The molecule has 1 amide bonds. The lowest BCUT2D eigenvalue weighted by atomic mass is 9.90. The molecule has 1 aliphatic heterocycles. The van der Waals surface area contributed by atoms with E-state index >= 15 is 0 Å². The lowest BCUT2D eigenvalue weighted by Crippen LogP contribution is -2.57. The second-order valence-electron chi connectivity index (χ2n) is 8.20. The fourth-order valence-electron chi connectivity index (χ4n) is 4.95. The van der Waals surface area contributed by atoms with Crippen LogP contribution in [-0.4, -0.2) is 32.9 Å². The van der Waals surface area contributed by atoms with Gasteiger partial charge in [-0.3, -0.25) is 9.59 Å². The molecule has 1 saturated carbocycles. The molecule has 5 nitrogen and oxygen atoms in total. The van der Waals surface area contributed by atoms with Crippen LogP contribution in [-0.2, 0) is 13.0 Å². The van der Waals surface area contributed by atoms with Gasteiger partial charge in [-0.1, -0.05) is 24.6 Å². The van der Waals surface area contributed by atoms with E-state index in [1.807, 2.05) is 42.4 Å². The number of pyridine rings is 1. The van der Waals surface area contributed by atoms with Crippen molar-refractivity contribution in [3.63, 3.8) is 0 Å². The highest BCUT2D eigenvalue weighted by Crippen LogP contribution is 2.39. The Bertz CT molecular complexity index is 1110. The molecule has 0 unspecified atom stereocenters. The predicted molar refractivity (Wildman–Crippen MR) is 110 cm³/mol. The smallest absolute Gasteiger partial charge is 0.263 e. The van der Waals surface area contributed by atoms with Crippen LogP contribution < -0.4 is 5.56 Å². The normalized spacial score (nSPS) is 21.0. The van der Waals surface area contributed by atoms with Gasteiger partial charge in [-0.2, -0.15) is 0 Å². The first-order valence-corrected chi connectivity index (χ1v) is 10.2. The zero-order chi connectivity index (χ0) is 19.3. The number of para-hydroxylation sites is 1. The number of aryl methyl sites for hydroxylation is 3. The maximum atomic E-state index is 13.1. The van der Waals surface area contributed by atoms with E-state index in [4.69, 9.17) is 0 Å². The molecule has 0 spiro atoms. The number of nitrogens with one attached hydrogen (secondary N) is 1. The van der Waals surface area contributed by atoms with Crippen LogP contribution in [0.2, 0.25) is 0 Å². The number of benzene rings is 1. The van der Waals surface area contributed by atoms with Crippen LogP contribution in [0.15, 0.2) is 47.5 Å². The van der Waals surface area contributed by atoms with Gasteiger partial charge in [0.05, 0.1) is 0 Å². The molecule has 2 aromatic heterocycles. The third-order valence-electron chi connectivity index (χ3n) is 6.60. The van der Waals surface area contributed by atoms with Crippen molar-refractivity contribution in [2.45, 2.75) is 45.2 Å². The van der Waals surface area contributed by atoms with Crippen molar-refractivity contribution in [3.05, 3.63) is 69.8 Å². The van der Waals surface area contributed by atoms with Gasteiger partial charge in [0.2, 0.25) is 0 Å². The highest BCUT2D eigenvalue weighted by atomic mass is 16.2. The largest absolute Gasteiger partial charge is 0.361 e. The molecule has 144 valence electrons. The van der Waals surface area contributed by atoms with Crippen LogP contribution in [0.5, 0.6) is 0 Å². The number of amides is 1. The van der Waals surface area contributed by atoms with Crippen molar-refractivity contribution >= 4 is 16.8 Å². The monoisotopic (exact) mass is 375 g/mol. The number of carbonyl (C=O) groups is 1. The minimum Gasteiger partial charge on any atom is -0.361 e. The van der Waals surface area contributed by atoms with E-state index in [9.17, 15) is 9.59 Å². The SMILES string of the molecule is Cc1ccn(CCc2c[nH]c3ccccc23)c(=O)c1C(=O)N1C[C@@H]2CCC[C@@H]21. The molecule has 1 aromatic carbocycles. The topological polar surface area (TPSA) is 58.1 Å². The fraction of sp³-hybridized carbons (Fsp3) is 0.391. The molecular formula is C23H25N3O2. The summed E-state index contributed by atoms with van der Waals surface area (Å²) in [6.07, 6.45) is 8.07. The summed E-state index contributed by atoms with van der Waals surface area (Å²) >= 11 is 0. The molecule has 3 aromatic rings. The van der Waals surface area contributed by atoms with E-state index in [0.29, 0.717) is 24.1 Å². The first-order chi connectivity index (χ1) is 13.6. The molecule has 28 heavy (non-hydrogen) atoms. The number of aromatic nitrogens is 2. The summed E-state index contributed by atoms with van der Waals surface area (Å²) in [6, 6.07) is 10.4. The maximum Gasteiger partial charge on any atom is 0.263 e. The third-order valence-corrected chi connectivity index (χ3v) is 6.60. The van der Waals surface area contributed by atoms with Crippen LogP contribution in [0.4, 0.5) is 0 Å². The Morgan fingerprint density at radius 1 is 1.21 bits per heavy atom. The molecule has 3 heterocycles. The van der Waals surface area contributed by atoms with Gasteiger partial charge in [0, 0.05) is 42.4 Å². The molecule has 5 heteroatoms. The molecule has 2 atom stereocenters. The fourth-order valence-corrected chi connectivity index (χ4v) is 4.95. The standard InChI is InChI=1S/C23H25N3O2/c1-15-9-11-25(12-10-16-13-24-19-7-3-2-6-18(16)19)22(27)21(15)23(28)26-14-17-5-4-8-20(17)26/h2-3,6-7,9,11,13,17,20,24H,4-5,8,10,12,14H2,1H3/t17-,20-/m0/s1. The van der Waals surface area contributed by atoms with Crippen molar-refractivity contribution in [1.29, 1.82) is 0 Å². The summed E-state index contributed by atoms with van der Waals surface area (Å²) < 4.78 is 1.69. The third kappa shape index (κ3) is 2.68. The van der Waals surface area contributed by atoms with Crippen molar-refractivity contribution in [2.75, 3.05) is 6.54 Å². The minimum absolute atomic E-state index is 0.0768. The Labute approximate surface area is 164 Å². The predicted octanol–water partition coefficient (Wildman–Crippen LogP) is 3.51. The number of nitrogens with zero attached hydrogens (tertiary/aromatic N) is 2. The van der Waals surface area contributed by atoms with Gasteiger partial charge in [-0.25, -0.2) is 0 Å². The van der Waals surface area contributed by atoms with Gasteiger partial charge in [0.1, 0.15) is 5.56 Å². The summed E-state index contributed by atoms with van der Waals surface area (Å²) in [4.78, 5) is 31.4. The number of H-pyrrole nitrogens is 1. The number of fused-ring (bicyclic) bond motifs is 2. The van der Waals surface area contributed by atoms with E-state index < -0.39 is 0 Å². The van der Waals surface area contributed by atoms with Crippen molar-refractivity contribution in [2.24, 2.45) is 5.92 Å². The second-order valence-corrected chi connectivity index (χ2v) is 8.20. The van der Waals surface area contributed by atoms with E-state index in [0.717, 1.165) is 30.5 Å². The Morgan fingerprint density at radius 2 is 2.07 bits per heavy atom. The molecule has 1 aliphatic carbocycles. The molecule has 5 rings (SSSR count). The summed E-state index contributed by atoms with van der Waals surface area (Å²) in [5, 5.41) is 1.19. The van der Waals surface area contributed by atoms with Crippen LogP contribution in [0, 0.1) is 12.8 Å². The quantitative estimate of drug-likeness (QED) is 0.759. The Kier molecular flexibility index (Phi) is 4.11. The second kappa shape index (κ2) is 6.66. The average molecular weight is 375 g/mol. The van der Waals surface area contributed by atoms with Gasteiger partial charge in [0.15, 0.2) is 0 Å². The zero-order valence-corrected chi connectivity index (χ0v) is 16.1. The lowest BCUT2D eigenvalue weighted by molar-refractivity contribution is 0.0266. The highest BCUT2D eigenvalue weighted by molar-refractivity contribution is 5.96. The van der Waals surface area contributed by atoms with E-state index in [1.54, 1.807) is 4.57 Å². The number of rotatable bonds is 4. The molecule has 1 saturated heterocycles. The number of hydrogen-bond donors (Lipinski definition) is 1. The van der Waals surface area contributed by atoms with Crippen LogP contribution >= 0.6 is 0 Å². The summed E-state index contributed by atoms with van der Waals surface area (Å²) in [5.74, 6) is 0.573. The molecule has 0 radical (unpaired) electrons. The molecule has 1 N–H and O–H groups in total. The zero-order valence-electron chi connectivity index (χ0n) is 16.1. The highest BCUT2D eigenvalue weighted by Gasteiger charge is 2.45. The number of carbonyl (C=O) groups excluding carboxylic acids is 1. The van der Waals surface area contributed by atoms with Crippen molar-refractivity contribution in [3.8, 4) is 0 Å². The summed E-state index contributed by atoms with van der Waals surface area (Å²) in [7, 11) is 0. The first kappa shape index (κ1) is 17.3. The number of likely N-dealkylation sites (tertiary alicyclic amines) is 1. The average Bonchev–Trinajstić information content (AvgIpc) is 3.25. The van der Waals surface area contributed by atoms with Crippen LogP contribution in [0.3, 0.4) is 0 Å². The van der Waals surface area contributed by atoms with Gasteiger partial charge in [0.25, 0.3) is 11.5 Å². The van der Waals surface area contributed by atoms with E-state index in [1.165, 1.54) is 23.8 Å². The van der Waals surface area contributed by atoms with E-state index in [2.05, 4.69) is 17.1 Å². The number of aromatic amines is 1. The molecule has 2 fully saturated rings. The van der Waals surface area contributed by atoms with Crippen LogP contribution in [0.1, 0.15) is 40.7 Å². The van der Waals surface area contributed by atoms with E-state index in [-0.39, 0.29) is 11.5 Å². The molecule has 2 aliphatic rings. The Hall–Kier alpha value is -2.82. The molecule has 0 bridgehead atoms. The summed E-state index contributed by atoms with van der Waals surface area (Å²) in [6.45, 7) is 3.24. The van der Waals surface area contributed by atoms with Gasteiger partial charge < -0.3 is 14.5 Å². The van der Waals surface area contributed by atoms with Gasteiger partial charge in [-0.05, 0) is 55.4 Å². The Balaban J connectivity index is 1.39. The minimum atomic E-state index is -0.161. The Morgan fingerprint density at radius 3 is 2.93 bits per heavy atom. The maximum absolute atomic E-state index is 13.1. The summed E-state index contributed by atoms with van der Waals surface area (Å²) in [5.41, 5.74) is 3.26. The first-order valence-electron chi connectivity index (χ1n) is 10.2. The number of hydrogen-bond acceptors (Lipinski definition) is 2. The van der Waals surface area contributed by atoms with Crippen molar-refractivity contribution < 1.29 is 4.79 Å². The van der Waals surface area contributed by atoms with Crippen LogP contribution in [0.25, 0.3) is 10.9 Å². The molecular weight excluding hydrogens is 350 g/mol. The van der Waals surface area contributed by atoms with Gasteiger partial charge >= 0.3 is 0 Å². The van der Waals surface area contributed by atoms with Crippen molar-refractivity contribution in [1.82, 2.24) is 14.5 Å². The lowest BCUT2D eigenvalue weighted by Gasteiger charge is -2.44. The van der Waals surface area contributed by atoms with Gasteiger partial charge in [-0.15, -0.1) is 0 Å².